The molecule has 0 aliphatic carbocycles. The average Bonchev–Trinajstić information content (AvgIpc) is 2.72. The molecule has 0 bridgehead atoms. The molecule has 0 aliphatic rings. The molecule has 0 unspecified atom stereocenters. The maximum atomic E-state index is 12.7. The van der Waals surface area contributed by atoms with Gasteiger partial charge >= 0.3 is 171 Å². The summed E-state index contributed by atoms with van der Waals surface area (Å²) in [6.45, 7) is 6.77. The molecule has 27 heavy (non-hydrogen) atoms. The Bertz CT molecular complexity index is 496. The quantitative estimate of drug-likeness (QED) is 0.248. The Morgan fingerprint density at radius 2 is 1.44 bits per heavy atom. The topological polar surface area (TPSA) is 46.5 Å². The van der Waals surface area contributed by atoms with Crippen LogP contribution in [0, 0.1) is 5.92 Å². The normalized spacial score (nSPS) is 14.0. The molecule has 0 radical (unpaired) electrons. The van der Waals surface area contributed by atoms with Gasteiger partial charge in [-0.05, 0) is 0 Å². The molecular weight excluding hydrogens is 443 g/mol. The zero-order valence-electron chi connectivity index (χ0n) is 17.9. The summed E-state index contributed by atoms with van der Waals surface area (Å²) in [4.78, 5) is 12.7. The predicted molar refractivity (Wildman–Crippen MR) is 117 cm³/mol. The first-order valence-corrected chi connectivity index (χ1v) is 18.9. The molecule has 3 nitrogen and oxygen atoms in total. The Kier molecular flexibility index (Phi) is 12.3. The van der Waals surface area contributed by atoms with Gasteiger partial charge in [0.05, 0.1) is 0 Å². The van der Waals surface area contributed by atoms with Crippen LogP contribution in [-0.2, 0) is 9.53 Å². The molecule has 0 aliphatic heterocycles. The summed E-state index contributed by atoms with van der Waals surface area (Å²) in [7, 11) is 1.45. The van der Waals surface area contributed by atoms with E-state index in [-0.39, 0.29) is 5.97 Å². The van der Waals surface area contributed by atoms with Crippen LogP contribution in [0.15, 0.2) is 30.3 Å². The van der Waals surface area contributed by atoms with Gasteiger partial charge in [0.25, 0.3) is 0 Å². The fourth-order valence-electron chi connectivity index (χ4n) is 4.16. The van der Waals surface area contributed by atoms with Gasteiger partial charge in [0.2, 0.25) is 0 Å². The van der Waals surface area contributed by atoms with Crippen LogP contribution in [0.1, 0.15) is 71.0 Å². The van der Waals surface area contributed by atoms with Crippen LogP contribution in [0.25, 0.3) is 0 Å². The number of methoxy groups -OCH3 is 1. The van der Waals surface area contributed by atoms with Crippen LogP contribution in [0.3, 0.4) is 0 Å². The number of carbonyl (C=O) groups is 1. The Labute approximate surface area is 170 Å². The fraction of sp³-hybridized carbons (Fsp3) is 0.696. The molecule has 1 rings (SSSR count). The Balaban J connectivity index is 3.15. The molecule has 1 N–H and O–H groups in total. The monoisotopic (exact) mass is 484 g/mol. The van der Waals surface area contributed by atoms with Crippen LogP contribution in [0.5, 0.6) is 0 Å². The van der Waals surface area contributed by atoms with Gasteiger partial charge in [0.15, 0.2) is 0 Å². The second kappa shape index (κ2) is 13.6. The minimum atomic E-state index is -2.56. The number of aliphatic hydroxyl groups is 1. The molecule has 0 heterocycles. The van der Waals surface area contributed by atoms with Gasteiger partial charge in [0.1, 0.15) is 0 Å². The first-order chi connectivity index (χ1) is 13.0. The second-order valence-electron chi connectivity index (χ2n) is 8.00. The van der Waals surface area contributed by atoms with Crippen molar-refractivity contribution >= 4 is 24.3 Å². The molecule has 2 atom stereocenters. The van der Waals surface area contributed by atoms with Crippen molar-refractivity contribution in [2.24, 2.45) is 5.92 Å². The van der Waals surface area contributed by atoms with Crippen LogP contribution in [0.2, 0.25) is 17.7 Å². The van der Waals surface area contributed by atoms with Crippen molar-refractivity contribution < 1.29 is 14.6 Å². The van der Waals surface area contributed by atoms with E-state index in [0.717, 1.165) is 10.0 Å². The molecule has 1 aromatic carbocycles. The summed E-state index contributed by atoms with van der Waals surface area (Å²) < 4.78 is 10.1. The van der Waals surface area contributed by atoms with Gasteiger partial charge in [-0.1, -0.05) is 0 Å². The van der Waals surface area contributed by atoms with E-state index in [1.807, 2.05) is 30.3 Å². The van der Waals surface area contributed by atoms with Gasteiger partial charge in [-0.3, -0.25) is 0 Å². The van der Waals surface area contributed by atoms with Crippen molar-refractivity contribution in [2.45, 2.75) is 83.1 Å². The van der Waals surface area contributed by atoms with Gasteiger partial charge in [-0.25, -0.2) is 0 Å². The van der Waals surface area contributed by atoms with Gasteiger partial charge in [0, 0.05) is 0 Å². The summed E-state index contributed by atoms with van der Waals surface area (Å²) in [5, 5.41) is 11.1. The number of unbranched alkanes of at least 4 members (excludes halogenated alkanes) is 3. The Hall–Kier alpha value is -0.551. The molecule has 4 heteroatoms. The first kappa shape index (κ1) is 24.5. The van der Waals surface area contributed by atoms with E-state index in [0.29, 0.717) is 0 Å². The number of ether oxygens (including phenoxy) is 1. The van der Waals surface area contributed by atoms with E-state index in [2.05, 4.69) is 20.8 Å². The van der Waals surface area contributed by atoms with Crippen molar-refractivity contribution in [3.8, 4) is 0 Å². The summed E-state index contributed by atoms with van der Waals surface area (Å²) in [6.07, 6.45) is 6.65. The van der Waals surface area contributed by atoms with Crippen LogP contribution < -0.4 is 0 Å². The Morgan fingerprint density at radius 3 is 1.85 bits per heavy atom. The number of benzene rings is 1. The molecule has 0 aromatic heterocycles. The van der Waals surface area contributed by atoms with Crippen molar-refractivity contribution in [1.29, 1.82) is 0 Å². The average molecular weight is 483 g/mol. The SMILES string of the molecule is CCC[CH2][Sn]([CH2]CCC)([CH2]CCC)[CH2][C@H](C(=O)OC)[C@H](O)c1ccccc1. The summed E-state index contributed by atoms with van der Waals surface area (Å²) in [6, 6.07) is 9.63. The summed E-state index contributed by atoms with van der Waals surface area (Å²) in [5.41, 5.74) is 0.828. The van der Waals surface area contributed by atoms with E-state index < -0.39 is 30.4 Å². The van der Waals surface area contributed by atoms with Crippen molar-refractivity contribution in [3.63, 3.8) is 0 Å². The van der Waals surface area contributed by atoms with Crippen LogP contribution in [-0.4, -0.2) is 36.6 Å². The number of hydrogen-bond donors (Lipinski definition) is 1. The number of esters is 1. The number of aliphatic hydroxyl groups excluding tert-OH is 1. The van der Waals surface area contributed by atoms with E-state index in [1.54, 1.807) is 0 Å². The van der Waals surface area contributed by atoms with Gasteiger partial charge < -0.3 is 0 Å². The van der Waals surface area contributed by atoms with Gasteiger partial charge in [-0.2, -0.15) is 0 Å². The molecule has 0 spiro atoms. The third-order valence-electron chi connectivity index (χ3n) is 5.86. The molecule has 0 fully saturated rings. The maximum absolute atomic E-state index is 12.7. The molecular formula is C23H40O3Sn. The second-order valence-corrected chi connectivity index (χ2v) is 22.0. The van der Waals surface area contributed by atoms with Crippen molar-refractivity contribution in [3.05, 3.63) is 35.9 Å². The minimum absolute atomic E-state index is 0.239. The summed E-state index contributed by atoms with van der Waals surface area (Å²) in [5.74, 6) is -0.657. The number of rotatable bonds is 14. The molecule has 154 valence electrons. The predicted octanol–water partition coefficient (Wildman–Crippen LogP) is 6.36. The van der Waals surface area contributed by atoms with Crippen molar-refractivity contribution in [2.75, 3.05) is 7.11 Å². The zero-order chi connectivity index (χ0) is 20.1. The third-order valence-corrected chi connectivity index (χ3v) is 21.7. The van der Waals surface area contributed by atoms with E-state index in [4.69, 9.17) is 4.74 Å². The third kappa shape index (κ3) is 8.14. The number of carbonyl (C=O) groups excluding carboxylic acids is 1. The first-order valence-electron chi connectivity index (χ1n) is 10.8. The molecule has 1 aromatic rings. The van der Waals surface area contributed by atoms with E-state index in [9.17, 15) is 9.90 Å². The molecule has 0 saturated heterocycles. The van der Waals surface area contributed by atoms with Crippen molar-refractivity contribution in [1.82, 2.24) is 0 Å². The van der Waals surface area contributed by atoms with E-state index in [1.165, 1.54) is 58.9 Å². The van der Waals surface area contributed by atoms with Gasteiger partial charge in [-0.15, -0.1) is 0 Å². The Morgan fingerprint density at radius 1 is 0.963 bits per heavy atom. The standard InChI is InChI=1S/C11H13O3.3C4H9.Sn/c1-8(11(13)14-2)10(12)9-6-4-3-5-7-9;3*1-3-4-2;/h3-8,10,12H,1H2,2H3;3*1,3-4H2,2H3;/t8-,10-;;;;/m0..../s1. The fourth-order valence-corrected chi connectivity index (χ4v) is 21.3. The van der Waals surface area contributed by atoms with Crippen LogP contribution >= 0.6 is 0 Å². The molecule has 0 saturated carbocycles. The summed E-state index contributed by atoms with van der Waals surface area (Å²) >= 11 is -2.56. The van der Waals surface area contributed by atoms with E-state index >= 15 is 0 Å². The number of hydrogen-bond acceptors (Lipinski definition) is 3. The van der Waals surface area contributed by atoms with Crippen LogP contribution in [0.4, 0.5) is 0 Å². The zero-order valence-corrected chi connectivity index (χ0v) is 20.7. The molecule has 0 amide bonds.